The summed E-state index contributed by atoms with van der Waals surface area (Å²) in [6.45, 7) is 0. The van der Waals surface area contributed by atoms with E-state index in [1.54, 1.807) is 12.1 Å². The van der Waals surface area contributed by atoms with Crippen LogP contribution >= 0.6 is 11.6 Å². The van der Waals surface area contributed by atoms with Gasteiger partial charge in [-0.15, -0.1) is 0 Å². The molecule has 0 saturated heterocycles. The van der Waals surface area contributed by atoms with Crippen molar-refractivity contribution in [2.75, 3.05) is 14.2 Å². The number of carboxylic acid groups (broad SMARTS) is 1. The minimum atomic E-state index is -1.22. The van der Waals surface area contributed by atoms with Crippen LogP contribution in [0.15, 0.2) is 28.7 Å². The van der Waals surface area contributed by atoms with Crippen LogP contribution in [0.1, 0.15) is 28.0 Å². The number of hydrogen-bond donors (Lipinski definition) is 2. The van der Waals surface area contributed by atoms with E-state index in [0.717, 1.165) is 0 Å². The Labute approximate surface area is 125 Å². The Bertz CT molecular complexity index is 663. The largest absolute Gasteiger partial charge is 0.493 e. The van der Waals surface area contributed by atoms with Crippen molar-refractivity contribution in [1.29, 1.82) is 0 Å². The van der Waals surface area contributed by atoms with Gasteiger partial charge in [0.05, 0.1) is 19.2 Å². The molecule has 0 radical (unpaired) electrons. The standard InChI is InChI=1S/C14H13ClO6/c1-19-9-4-3-7(11(15)13(9)20-2)12(16)8-5-6-10(21-8)14(17)18/h3-6,12,16H,1-2H3,(H,17,18). The lowest BCUT2D eigenvalue weighted by atomic mass is 10.1. The summed E-state index contributed by atoms with van der Waals surface area (Å²) in [4.78, 5) is 10.8. The molecule has 0 saturated carbocycles. The summed E-state index contributed by atoms with van der Waals surface area (Å²) in [5, 5.41) is 19.3. The second-order valence-corrected chi connectivity index (χ2v) is 4.49. The number of rotatable bonds is 5. The van der Waals surface area contributed by atoms with Gasteiger partial charge in [-0.05, 0) is 18.2 Å². The number of aliphatic hydroxyl groups excluding tert-OH is 1. The smallest absolute Gasteiger partial charge is 0.371 e. The van der Waals surface area contributed by atoms with Crippen LogP contribution in [0.4, 0.5) is 0 Å². The first-order valence-electron chi connectivity index (χ1n) is 5.91. The van der Waals surface area contributed by atoms with E-state index in [9.17, 15) is 9.90 Å². The molecule has 0 aliphatic rings. The quantitative estimate of drug-likeness (QED) is 0.882. The monoisotopic (exact) mass is 312 g/mol. The third kappa shape index (κ3) is 2.81. The van der Waals surface area contributed by atoms with Crippen molar-refractivity contribution in [3.8, 4) is 11.5 Å². The number of aromatic carboxylic acids is 1. The highest BCUT2D eigenvalue weighted by molar-refractivity contribution is 6.33. The highest BCUT2D eigenvalue weighted by Crippen LogP contribution is 2.41. The number of halogens is 1. The van der Waals surface area contributed by atoms with E-state index >= 15 is 0 Å². The molecule has 2 rings (SSSR count). The molecule has 2 aromatic rings. The van der Waals surface area contributed by atoms with Crippen molar-refractivity contribution in [3.05, 3.63) is 46.4 Å². The molecule has 6 nitrogen and oxygen atoms in total. The van der Waals surface area contributed by atoms with Crippen molar-refractivity contribution >= 4 is 17.6 Å². The number of aliphatic hydroxyl groups is 1. The minimum Gasteiger partial charge on any atom is -0.493 e. The molecule has 7 heteroatoms. The van der Waals surface area contributed by atoms with Crippen LogP contribution in [0.2, 0.25) is 5.02 Å². The van der Waals surface area contributed by atoms with Crippen LogP contribution in [0.25, 0.3) is 0 Å². The maximum Gasteiger partial charge on any atom is 0.371 e. The number of benzene rings is 1. The Morgan fingerprint density at radius 3 is 2.48 bits per heavy atom. The maximum atomic E-state index is 10.8. The third-order valence-corrected chi connectivity index (χ3v) is 3.31. The van der Waals surface area contributed by atoms with Gasteiger partial charge in [0.2, 0.25) is 5.76 Å². The predicted octanol–water partition coefficient (Wildman–Crippen LogP) is 2.73. The van der Waals surface area contributed by atoms with Gasteiger partial charge in [-0.25, -0.2) is 4.79 Å². The Hall–Kier alpha value is -2.18. The van der Waals surface area contributed by atoms with E-state index < -0.39 is 12.1 Å². The van der Waals surface area contributed by atoms with Crippen molar-refractivity contribution < 1.29 is 28.9 Å². The van der Waals surface area contributed by atoms with Crippen molar-refractivity contribution in [3.63, 3.8) is 0 Å². The molecule has 21 heavy (non-hydrogen) atoms. The number of ether oxygens (including phenoxy) is 2. The average Bonchev–Trinajstić information content (AvgIpc) is 2.96. The van der Waals surface area contributed by atoms with E-state index in [1.165, 1.54) is 26.4 Å². The number of hydrogen-bond acceptors (Lipinski definition) is 5. The van der Waals surface area contributed by atoms with Crippen molar-refractivity contribution in [2.45, 2.75) is 6.10 Å². The summed E-state index contributed by atoms with van der Waals surface area (Å²) in [5.41, 5.74) is 0.320. The van der Waals surface area contributed by atoms with Crippen LogP contribution in [0, 0.1) is 0 Å². The first-order valence-corrected chi connectivity index (χ1v) is 6.28. The van der Waals surface area contributed by atoms with E-state index in [1.807, 2.05) is 0 Å². The van der Waals surface area contributed by atoms with Gasteiger partial charge in [0, 0.05) is 5.56 Å². The van der Waals surface area contributed by atoms with Gasteiger partial charge in [-0.2, -0.15) is 0 Å². The van der Waals surface area contributed by atoms with Gasteiger partial charge >= 0.3 is 5.97 Å². The number of furan rings is 1. The van der Waals surface area contributed by atoms with Crippen LogP contribution < -0.4 is 9.47 Å². The average molecular weight is 313 g/mol. The van der Waals surface area contributed by atoms with Gasteiger partial charge < -0.3 is 24.1 Å². The number of carboxylic acids is 1. The van der Waals surface area contributed by atoms with E-state index in [0.29, 0.717) is 11.3 Å². The fourth-order valence-corrected chi connectivity index (χ4v) is 2.22. The van der Waals surface area contributed by atoms with Crippen LogP contribution in [0.3, 0.4) is 0 Å². The predicted molar refractivity (Wildman–Crippen MR) is 74.3 cm³/mol. The van der Waals surface area contributed by atoms with Gasteiger partial charge in [-0.1, -0.05) is 17.7 Å². The first kappa shape index (κ1) is 15.2. The lowest BCUT2D eigenvalue weighted by Crippen LogP contribution is -2.02. The molecular weight excluding hydrogens is 300 g/mol. The summed E-state index contributed by atoms with van der Waals surface area (Å²) < 4.78 is 15.3. The molecular formula is C14H13ClO6. The summed E-state index contributed by atoms with van der Waals surface area (Å²) in [6, 6.07) is 5.78. The van der Waals surface area contributed by atoms with Gasteiger partial charge in [-0.3, -0.25) is 0 Å². The second-order valence-electron chi connectivity index (χ2n) is 4.11. The van der Waals surface area contributed by atoms with Gasteiger partial charge in [0.25, 0.3) is 0 Å². The van der Waals surface area contributed by atoms with Crippen LogP contribution in [0.5, 0.6) is 11.5 Å². The number of methoxy groups -OCH3 is 2. The fourth-order valence-electron chi connectivity index (χ4n) is 1.88. The topological polar surface area (TPSA) is 89.1 Å². The molecule has 0 bridgehead atoms. The first-order chi connectivity index (χ1) is 9.99. The maximum absolute atomic E-state index is 10.8. The Balaban J connectivity index is 2.43. The molecule has 1 aromatic heterocycles. The summed E-state index contributed by atoms with van der Waals surface area (Å²) in [7, 11) is 2.89. The normalized spacial score (nSPS) is 12.0. The van der Waals surface area contributed by atoms with E-state index in [-0.39, 0.29) is 22.3 Å². The van der Waals surface area contributed by atoms with Gasteiger partial charge in [0.1, 0.15) is 11.9 Å². The van der Waals surface area contributed by atoms with E-state index in [2.05, 4.69) is 0 Å². The molecule has 0 aliphatic heterocycles. The SMILES string of the molecule is COc1ccc(C(O)c2ccc(C(=O)O)o2)c(Cl)c1OC. The fraction of sp³-hybridized carbons (Fsp3) is 0.214. The zero-order chi connectivity index (χ0) is 15.6. The zero-order valence-corrected chi connectivity index (χ0v) is 12.0. The zero-order valence-electron chi connectivity index (χ0n) is 11.3. The highest BCUT2D eigenvalue weighted by Gasteiger charge is 2.23. The van der Waals surface area contributed by atoms with Crippen molar-refractivity contribution in [2.24, 2.45) is 0 Å². The lowest BCUT2D eigenvalue weighted by molar-refractivity contribution is 0.0655. The van der Waals surface area contributed by atoms with Gasteiger partial charge in [0.15, 0.2) is 11.5 Å². The Kier molecular flexibility index (Phi) is 4.40. The molecule has 1 heterocycles. The molecule has 0 fully saturated rings. The summed E-state index contributed by atoms with van der Waals surface area (Å²) >= 11 is 6.18. The Morgan fingerprint density at radius 1 is 1.24 bits per heavy atom. The second kappa shape index (κ2) is 6.07. The molecule has 1 atom stereocenters. The van der Waals surface area contributed by atoms with Crippen molar-refractivity contribution in [1.82, 2.24) is 0 Å². The molecule has 112 valence electrons. The molecule has 0 spiro atoms. The van der Waals surface area contributed by atoms with E-state index in [4.69, 9.17) is 30.6 Å². The lowest BCUT2D eigenvalue weighted by Gasteiger charge is -2.15. The third-order valence-electron chi connectivity index (χ3n) is 2.92. The summed E-state index contributed by atoms with van der Waals surface area (Å²) in [6.07, 6.45) is -1.22. The Morgan fingerprint density at radius 2 is 1.95 bits per heavy atom. The molecule has 1 aromatic carbocycles. The molecule has 2 N–H and O–H groups in total. The minimum absolute atomic E-state index is 0.0709. The molecule has 1 unspecified atom stereocenters. The highest BCUT2D eigenvalue weighted by atomic mass is 35.5. The molecule has 0 amide bonds. The van der Waals surface area contributed by atoms with Crippen LogP contribution in [-0.2, 0) is 0 Å². The summed E-state index contributed by atoms with van der Waals surface area (Å²) in [5.74, 6) is -0.709. The van der Waals surface area contributed by atoms with Crippen LogP contribution in [-0.4, -0.2) is 30.4 Å². The number of carbonyl (C=O) groups is 1. The molecule has 0 aliphatic carbocycles.